The second-order valence-electron chi connectivity index (χ2n) is 3.55. The summed E-state index contributed by atoms with van der Waals surface area (Å²) >= 11 is 0. The van der Waals surface area contributed by atoms with E-state index in [0.717, 1.165) is 16.8 Å². The summed E-state index contributed by atoms with van der Waals surface area (Å²) in [7, 11) is 3.85. The number of nitrogens with zero attached hydrogens (tertiary/aromatic N) is 1. The first-order chi connectivity index (χ1) is 6.52. The van der Waals surface area contributed by atoms with Crippen LogP contribution in [0.4, 0.5) is 5.69 Å². The molecule has 14 heavy (non-hydrogen) atoms. The summed E-state index contributed by atoms with van der Waals surface area (Å²) in [4.78, 5) is 12.6. The number of hydrogen-bond donors (Lipinski definition) is 1. The Bertz CT molecular complexity index is 345. The van der Waals surface area contributed by atoms with Crippen molar-refractivity contribution in [3.63, 3.8) is 0 Å². The third-order valence-corrected chi connectivity index (χ3v) is 2.11. The number of benzene rings is 1. The molecular formula is C11H15NO2. The molecule has 0 bridgehead atoms. The SMILES string of the molecule is Cc1cccc(CC(=O)O)c1N(C)C. The molecule has 0 heterocycles. The van der Waals surface area contributed by atoms with Crippen LogP contribution in [0.3, 0.4) is 0 Å². The lowest BCUT2D eigenvalue weighted by Crippen LogP contribution is -2.14. The maximum Gasteiger partial charge on any atom is 0.307 e. The van der Waals surface area contributed by atoms with Crippen LogP contribution in [-0.2, 0) is 11.2 Å². The third kappa shape index (κ3) is 2.25. The van der Waals surface area contributed by atoms with E-state index < -0.39 is 5.97 Å². The lowest BCUT2D eigenvalue weighted by Gasteiger charge is -2.19. The summed E-state index contributed by atoms with van der Waals surface area (Å²) in [6.45, 7) is 1.99. The first-order valence-corrected chi connectivity index (χ1v) is 4.50. The van der Waals surface area contributed by atoms with Crippen molar-refractivity contribution in [3.8, 4) is 0 Å². The van der Waals surface area contributed by atoms with Gasteiger partial charge in [0.1, 0.15) is 0 Å². The minimum Gasteiger partial charge on any atom is -0.481 e. The Morgan fingerprint density at radius 2 is 2.07 bits per heavy atom. The highest BCUT2D eigenvalue weighted by Crippen LogP contribution is 2.23. The van der Waals surface area contributed by atoms with Crippen molar-refractivity contribution in [2.75, 3.05) is 19.0 Å². The van der Waals surface area contributed by atoms with Crippen LogP contribution < -0.4 is 4.90 Å². The third-order valence-electron chi connectivity index (χ3n) is 2.11. The molecule has 0 saturated carbocycles. The number of hydrogen-bond acceptors (Lipinski definition) is 2. The van der Waals surface area contributed by atoms with Crippen molar-refractivity contribution in [2.24, 2.45) is 0 Å². The molecule has 0 amide bonds. The summed E-state index contributed by atoms with van der Waals surface area (Å²) in [6, 6.07) is 5.73. The minimum atomic E-state index is -0.793. The molecule has 3 heteroatoms. The monoisotopic (exact) mass is 193 g/mol. The molecule has 0 unspecified atom stereocenters. The van der Waals surface area contributed by atoms with E-state index >= 15 is 0 Å². The predicted octanol–water partition coefficient (Wildman–Crippen LogP) is 1.69. The number of rotatable bonds is 3. The van der Waals surface area contributed by atoms with Gasteiger partial charge in [0.2, 0.25) is 0 Å². The number of aliphatic carboxylic acids is 1. The molecule has 1 N–H and O–H groups in total. The zero-order chi connectivity index (χ0) is 10.7. The normalized spacial score (nSPS) is 9.93. The van der Waals surface area contributed by atoms with Crippen molar-refractivity contribution in [2.45, 2.75) is 13.3 Å². The number of para-hydroxylation sites is 1. The Morgan fingerprint density at radius 1 is 1.43 bits per heavy atom. The largest absolute Gasteiger partial charge is 0.481 e. The van der Waals surface area contributed by atoms with Gasteiger partial charge in [-0.3, -0.25) is 4.79 Å². The van der Waals surface area contributed by atoms with Gasteiger partial charge in [0, 0.05) is 19.8 Å². The molecule has 76 valence electrons. The van der Waals surface area contributed by atoms with E-state index in [9.17, 15) is 4.79 Å². The molecule has 0 aliphatic carbocycles. The second kappa shape index (κ2) is 4.13. The predicted molar refractivity (Wildman–Crippen MR) is 56.8 cm³/mol. The average molecular weight is 193 g/mol. The molecule has 1 aromatic carbocycles. The van der Waals surface area contributed by atoms with Gasteiger partial charge in [0.05, 0.1) is 6.42 Å². The average Bonchev–Trinajstić information content (AvgIpc) is 2.01. The lowest BCUT2D eigenvalue weighted by atomic mass is 10.0. The van der Waals surface area contributed by atoms with Gasteiger partial charge in [-0.25, -0.2) is 0 Å². The molecular weight excluding hydrogens is 178 g/mol. The van der Waals surface area contributed by atoms with Gasteiger partial charge in [0.25, 0.3) is 0 Å². The maximum absolute atomic E-state index is 10.6. The molecule has 0 radical (unpaired) electrons. The van der Waals surface area contributed by atoms with E-state index in [1.807, 2.05) is 44.1 Å². The van der Waals surface area contributed by atoms with E-state index in [1.54, 1.807) is 0 Å². The van der Waals surface area contributed by atoms with Crippen LogP contribution in [0.15, 0.2) is 18.2 Å². The highest BCUT2D eigenvalue weighted by Gasteiger charge is 2.09. The Kier molecular flexibility index (Phi) is 3.12. The molecule has 1 aromatic rings. The van der Waals surface area contributed by atoms with Crippen molar-refractivity contribution in [1.82, 2.24) is 0 Å². The highest BCUT2D eigenvalue weighted by molar-refractivity contribution is 5.74. The van der Waals surface area contributed by atoms with Crippen LogP contribution in [0.25, 0.3) is 0 Å². The van der Waals surface area contributed by atoms with Gasteiger partial charge in [-0.2, -0.15) is 0 Å². The lowest BCUT2D eigenvalue weighted by molar-refractivity contribution is -0.136. The maximum atomic E-state index is 10.6. The van der Waals surface area contributed by atoms with Crippen molar-refractivity contribution >= 4 is 11.7 Å². The number of aryl methyl sites for hydroxylation is 1. The topological polar surface area (TPSA) is 40.5 Å². The summed E-state index contributed by atoms with van der Waals surface area (Å²) in [5, 5.41) is 8.75. The quantitative estimate of drug-likeness (QED) is 0.794. The Labute approximate surface area is 84.0 Å². The fourth-order valence-corrected chi connectivity index (χ4v) is 1.67. The van der Waals surface area contributed by atoms with Gasteiger partial charge < -0.3 is 10.0 Å². The first-order valence-electron chi connectivity index (χ1n) is 4.50. The van der Waals surface area contributed by atoms with Crippen LogP contribution in [-0.4, -0.2) is 25.2 Å². The van der Waals surface area contributed by atoms with Gasteiger partial charge in [-0.15, -0.1) is 0 Å². The molecule has 0 aliphatic heterocycles. The smallest absolute Gasteiger partial charge is 0.307 e. The van der Waals surface area contributed by atoms with Crippen LogP contribution in [0, 0.1) is 6.92 Å². The van der Waals surface area contributed by atoms with Crippen LogP contribution >= 0.6 is 0 Å². The number of carboxylic acids is 1. The Hall–Kier alpha value is -1.51. The number of carbonyl (C=O) groups is 1. The summed E-state index contributed by atoms with van der Waals surface area (Å²) in [5.74, 6) is -0.793. The Balaban J connectivity index is 3.14. The Morgan fingerprint density at radius 3 is 2.57 bits per heavy atom. The van der Waals surface area contributed by atoms with Crippen LogP contribution in [0.1, 0.15) is 11.1 Å². The van der Waals surface area contributed by atoms with E-state index in [2.05, 4.69) is 0 Å². The molecule has 0 aromatic heterocycles. The van der Waals surface area contributed by atoms with Crippen LogP contribution in [0.2, 0.25) is 0 Å². The molecule has 0 aliphatic rings. The standard InChI is InChI=1S/C11H15NO2/c1-8-5-4-6-9(7-10(13)14)11(8)12(2)3/h4-6H,7H2,1-3H3,(H,13,14). The first kappa shape index (κ1) is 10.6. The summed E-state index contributed by atoms with van der Waals surface area (Å²) in [5.41, 5.74) is 2.98. The van der Waals surface area contributed by atoms with E-state index in [-0.39, 0.29) is 6.42 Å². The molecule has 0 saturated heterocycles. The molecule has 1 rings (SSSR count). The minimum absolute atomic E-state index is 0.0786. The summed E-state index contributed by atoms with van der Waals surface area (Å²) in [6.07, 6.45) is 0.0786. The van der Waals surface area contributed by atoms with E-state index in [0.29, 0.717) is 0 Å². The van der Waals surface area contributed by atoms with Crippen molar-refractivity contribution in [3.05, 3.63) is 29.3 Å². The fourth-order valence-electron chi connectivity index (χ4n) is 1.67. The summed E-state index contributed by atoms with van der Waals surface area (Å²) < 4.78 is 0. The van der Waals surface area contributed by atoms with Gasteiger partial charge in [0.15, 0.2) is 0 Å². The fraction of sp³-hybridized carbons (Fsp3) is 0.364. The number of anilines is 1. The van der Waals surface area contributed by atoms with Crippen molar-refractivity contribution in [1.29, 1.82) is 0 Å². The molecule has 0 spiro atoms. The van der Waals surface area contributed by atoms with Gasteiger partial charge in [-0.1, -0.05) is 18.2 Å². The van der Waals surface area contributed by atoms with Crippen LogP contribution in [0.5, 0.6) is 0 Å². The van der Waals surface area contributed by atoms with Gasteiger partial charge in [-0.05, 0) is 18.1 Å². The van der Waals surface area contributed by atoms with E-state index in [4.69, 9.17) is 5.11 Å². The zero-order valence-corrected chi connectivity index (χ0v) is 8.74. The molecule has 0 atom stereocenters. The second-order valence-corrected chi connectivity index (χ2v) is 3.55. The van der Waals surface area contributed by atoms with Gasteiger partial charge >= 0.3 is 5.97 Å². The molecule has 3 nitrogen and oxygen atoms in total. The number of carboxylic acid groups (broad SMARTS) is 1. The zero-order valence-electron chi connectivity index (χ0n) is 8.74. The van der Waals surface area contributed by atoms with E-state index in [1.165, 1.54) is 0 Å². The highest BCUT2D eigenvalue weighted by atomic mass is 16.4. The van der Waals surface area contributed by atoms with Crippen molar-refractivity contribution < 1.29 is 9.90 Å². The molecule has 0 fully saturated rings.